The van der Waals surface area contributed by atoms with Crippen molar-refractivity contribution in [2.45, 2.75) is 18.7 Å². The lowest BCUT2D eigenvalue weighted by Gasteiger charge is -2.08. The van der Waals surface area contributed by atoms with Gasteiger partial charge < -0.3 is 4.74 Å². The van der Waals surface area contributed by atoms with Crippen LogP contribution in [0, 0.1) is 11.6 Å². The number of alkyl halides is 1. The normalized spacial score (nSPS) is 10.3. The van der Waals surface area contributed by atoms with Crippen LogP contribution in [0.15, 0.2) is 12.1 Å². The van der Waals surface area contributed by atoms with Crippen molar-refractivity contribution in [1.29, 1.82) is 0 Å². The van der Waals surface area contributed by atoms with Crippen LogP contribution in [0.5, 0.6) is 5.75 Å². The quantitative estimate of drug-likeness (QED) is 0.755. The molecule has 0 bridgehead atoms. The van der Waals surface area contributed by atoms with E-state index in [0.29, 0.717) is 17.5 Å². The molecule has 0 saturated heterocycles. The Morgan fingerprint density at radius 2 is 1.86 bits per heavy atom. The van der Waals surface area contributed by atoms with Crippen LogP contribution < -0.4 is 4.74 Å². The number of halogens is 3. The van der Waals surface area contributed by atoms with Gasteiger partial charge >= 0.3 is 0 Å². The lowest BCUT2D eigenvalue weighted by atomic mass is 10.2. The van der Waals surface area contributed by atoms with Crippen molar-refractivity contribution in [3.05, 3.63) is 29.3 Å². The Labute approximate surface area is 90.2 Å². The summed E-state index contributed by atoms with van der Waals surface area (Å²) in [5.74, 6) is -1.57. The number of benzene rings is 1. The summed E-state index contributed by atoms with van der Waals surface area (Å²) in [6, 6.07) is 2.53. The maximum atomic E-state index is 13.2. The number of hydrogen-bond acceptors (Lipinski definition) is 1. The SMILES string of the molecule is CCCOc1c(F)cc(CBr)cc1F. The van der Waals surface area contributed by atoms with E-state index in [0.717, 1.165) is 6.42 Å². The van der Waals surface area contributed by atoms with E-state index in [1.165, 1.54) is 12.1 Å². The molecule has 0 atom stereocenters. The smallest absolute Gasteiger partial charge is 0.190 e. The van der Waals surface area contributed by atoms with Gasteiger partial charge in [0.1, 0.15) is 0 Å². The van der Waals surface area contributed by atoms with E-state index in [1.54, 1.807) is 0 Å². The lowest BCUT2D eigenvalue weighted by molar-refractivity contribution is 0.284. The highest BCUT2D eigenvalue weighted by Crippen LogP contribution is 2.24. The zero-order valence-corrected chi connectivity index (χ0v) is 9.40. The van der Waals surface area contributed by atoms with Crippen LogP contribution >= 0.6 is 15.9 Å². The van der Waals surface area contributed by atoms with Crippen LogP contribution in [0.2, 0.25) is 0 Å². The largest absolute Gasteiger partial charge is 0.488 e. The van der Waals surface area contributed by atoms with Crippen molar-refractivity contribution >= 4 is 15.9 Å². The molecule has 0 spiro atoms. The zero-order chi connectivity index (χ0) is 10.6. The molecule has 0 heterocycles. The monoisotopic (exact) mass is 264 g/mol. The van der Waals surface area contributed by atoms with Gasteiger partial charge in [0.15, 0.2) is 17.4 Å². The molecule has 0 aliphatic heterocycles. The second kappa shape index (κ2) is 5.29. The Balaban J connectivity index is 2.93. The van der Waals surface area contributed by atoms with Gasteiger partial charge in [-0.2, -0.15) is 0 Å². The van der Waals surface area contributed by atoms with Gasteiger partial charge in [0.2, 0.25) is 0 Å². The van der Waals surface area contributed by atoms with E-state index in [1.807, 2.05) is 6.92 Å². The fraction of sp³-hybridized carbons (Fsp3) is 0.400. The highest BCUT2D eigenvalue weighted by Gasteiger charge is 2.11. The van der Waals surface area contributed by atoms with Gasteiger partial charge in [-0.1, -0.05) is 22.9 Å². The summed E-state index contributed by atoms with van der Waals surface area (Å²) in [4.78, 5) is 0. The predicted octanol–water partition coefficient (Wildman–Crippen LogP) is 3.65. The molecule has 1 nitrogen and oxygen atoms in total. The fourth-order valence-electron chi connectivity index (χ4n) is 1.03. The Morgan fingerprint density at radius 3 is 2.29 bits per heavy atom. The van der Waals surface area contributed by atoms with E-state index in [4.69, 9.17) is 4.74 Å². The van der Waals surface area contributed by atoms with Crippen LogP contribution in [0.4, 0.5) is 8.78 Å². The van der Waals surface area contributed by atoms with Gasteiger partial charge in [0.25, 0.3) is 0 Å². The summed E-state index contributed by atoms with van der Waals surface area (Å²) in [6.07, 6.45) is 0.721. The van der Waals surface area contributed by atoms with E-state index in [2.05, 4.69) is 15.9 Å². The summed E-state index contributed by atoms with van der Waals surface area (Å²) in [5.41, 5.74) is 0.559. The van der Waals surface area contributed by atoms with Crippen molar-refractivity contribution in [1.82, 2.24) is 0 Å². The Bertz CT molecular complexity index is 292. The molecule has 1 aromatic rings. The van der Waals surface area contributed by atoms with Crippen LogP contribution in [0.25, 0.3) is 0 Å². The minimum atomic E-state index is -0.645. The lowest BCUT2D eigenvalue weighted by Crippen LogP contribution is -2.01. The third kappa shape index (κ3) is 2.67. The number of hydrogen-bond donors (Lipinski definition) is 0. The van der Waals surface area contributed by atoms with Gasteiger partial charge in [-0.05, 0) is 24.1 Å². The average Bonchev–Trinajstić information content (AvgIpc) is 2.16. The van der Waals surface area contributed by atoms with Crippen molar-refractivity contribution in [3.8, 4) is 5.75 Å². The summed E-state index contributed by atoms with van der Waals surface area (Å²) in [6.45, 7) is 2.20. The first-order valence-corrected chi connectivity index (χ1v) is 5.47. The Morgan fingerprint density at radius 1 is 1.29 bits per heavy atom. The van der Waals surface area contributed by atoms with Gasteiger partial charge in [-0.25, -0.2) is 8.78 Å². The predicted molar refractivity (Wildman–Crippen MR) is 54.8 cm³/mol. The highest BCUT2D eigenvalue weighted by atomic mass is 79.9. The first-order chi connectivity index (χ1) is 6.69. The summed E-state index contributed by atoms with van der Waals surface area (Å²) < 4.78 is 31.4. The Kier molecular flexibility index (Phi) is 4.32. The standard InChI is InChI=1S/C10H11BrF2O/c1-2-3-14-10-8(12)4-7(6-11)5-9(10)13/h4-5H,2-3,6H2,1H3. The molecule has 1 aromatic carbocycles. The van der Waals surface area contributed by atoms with Gasteiger partial charge in [0.05, 0.1) is 6.61 Å². The van der Waals surface area contributed by atoms with Crippen molar-refractivity contribution in [3.63, 3.8) is 0 Å². The molecule has 0 aromatic heterocycles. The van der Waals surface area contributed by atoms with Gasteiger partial charge in [-0.3, -0.25) is 0 Å². The maximum absolute atomic E-state index is 13.2. The van der Waals surface area contributed by atoms with Crippen molar-refractivity contribution in [2.75, 3.05) is 6.61 Å². The summed E-state index contributed by atoms with van der Waals surface area (Å²) >= 11 is 3.13. The molecule has 0 aliphatic rings. The Hall–Kier alpha value is -0.640. The fourth-order valence-corrected chi connectivity index (χ4v) is 1.36. The van der Waals surface area contributed by atoms with E-state index < -0.39 is 11.6 Å². The zero-order valence-electron chi connectivity index (χ0n) is 7.82. The van der Waals surface area contributed by atoms with Gasteiger partial charge in [0, 0.05) is 5.33 Å². The average molecular weight is 265 g/mol. The first-order valence-electron chi connectivity index (χ1n) is 4.35. The maximum Gasteiger partial charge on any atom is 0.190 e. The third-order valence-electron chi connectivity index (χ3n) is 1.66. The topological polar surface area (TPSA) is 9.23 Å². The molecule has 4 heteroatoms. The third-order valence-corrected chi connectivity index (χ3v) is 2.31. The molecule has 0 saturated carbocycles. The summed E-state index contributed by atoms with van der Waals surface area (Å²) in [5, 5.41) is 0.425. The summed E-state index contributed by atoms with van der Waals surface area (Å²) in [7, 11) is 0. The number of ether oxygens (including phenoxy) is 1. The van der Waals surface area contributed by atoms with Crippen LogP contribution in [0.1, 0.15) is 18.9 Å². The van der Waals surface area contributed by atoms with Gasteiger partial charge in [-0.15, -0.1) is 0 Å². The first kappa shape index (κ1) is 11.4. The van der Waals surface area contributed by atoms with E-state index in [9.17, 15) is 8.78 Å². The van der Waals surface area contributed by atoms with Crippen LogP contribution in [0.3, 0.4) is 0 Å². The molecule has 0 N–H and O–H groups in total. The minimum Gasteiger partial charge on any atom is -0.488 e. The molecule has 0 aliphatic carbocycles. The van der Waals surface area contributed by atoms with Crippen LogP contribution in [-0.4, -0.2) is 6.61 Å². The molecule has 78 valence electrons. The molecular weight excluding hydrogens is 254 g/mol. The minimum absolute atomic E-state index is 0.281. The molecule has 14 heavy (non-hydrogen) atoms. The molecular formula is C10H11BrF2O. The molecule has 0 fully saturated rings. The van der Waals surface area contributed by atoms with Crippen molar-refractivity contribution < 1.29 is 13.5 Å². The molecule has 0 amide bonds. The second-order valence-electron chi connectivity index (χ2n) is 2.87. The molecule has 0 radical (unpaired) electrons. The van der Waals surface area contributed by atoms with E-state index in [-0.39, 0.29) is 5.75 Å². The molecule has 1 rings (SSSR count). The van der Waals surface area contributed by atoms with E-state index >= 15 is 0 Å². The second-order valence-corrected chi connectivity index (χ2v) is 3.43. The molecule has 0 unspecified atom stereocenters. The number of rotatable bonds is 4. The van der Waals surface area contributed by atoms with Crippen molar-refractivity contribution in [2.24, 2.45) is 0 Å². The highest BCUT2D eigenvalue weighted by molar-refractivity contribution is 9.08. The van der Waals surface area contributed by atoms with Crippen LogP contribution in [-0.2, 0) is 5.33 Å².